The fourth-order valence-corrected chi connectivity index (χ4v) is 2.27. The first-order valence-corrected chi connectivity index (χ1v) is 6.22. The molecular formula is C12H21NO4. The fourth-order valence-electron chi connectivity index (χ4n) is 2.27. The Hall–Kier alpha value is -1.10. The molecule has 0 aromatic heterocycles. The number of hydrogen-bond donors (Lipinski definition) is 2. The van der Waals surface area contributed by atoms with Crippen LogP contribution in [0.1, 0.15) is 39.0 Å². The normalized spacial score (nSPS) is 24.7. The van der Waals surface area contributed by atoms with Crippen molar-refractivity contribution < 1.29 is 19.8 Å². The van der Waals surface area contributed by atoms with Crippen LogP contribution in [0.25, 0.3) is 0 Å². The van der Waals surface area contributed by atoms with Gasteiger partial charge in [-0.15, -0.1) is 0 Å². The van der Waals surface area contributed by atoms with Crippen molar-refractivity contribution in [2.75, 3.05) is 13.1 Å². The summed E-state index contributed by atoms with van der Waals surface area (Å²) >= 11 is 0. The molecule has 1 heterocycles. The Morgan fingerprint density at radius 3 is 2.65 bits per heavy atom. The Morgan fingerprint density at radius 2 is 2.06 bits per heavy atom. The Labute approximate surface area is 101 Å². The molecule has 2 atom stereocenters. The quantitative estimate of drug-likeness (QED) is 0.750. The number of amides is 1. The summed E-state index contributed by atoms with van der Waals surface area (Å²) in [5, 5.41) is 18.3. The molecular weight excluding hydrogens is 222 g/mol. The lowest BCUT2D eigenvalue weighted by Crippen LogP contribution is -2.46. The van der Waals surface area contributed by atoms with E-state index in [9.17, 15) is 14.7 Å². The summed E-state index contributed by atoms with van der Waals surface area (Å²) < 4.78 is 0. The van der Waals surface area contributed by atoms with E-state index in [2.05, 4.69) is 6.92 Å². The molecule has 0 aliphatic carbocycles. The van der Waals surface area contributed by atoms with Gasteiger partial charge in [0.1, 0.15) is 0 Å². The highest BCUT2D eigenvalue weighted by atomic mass is 16.4. The van der Waals surface area contributed by atoms with E-state index in [0.29, 0.717) is 19.5 Å². The number of carbonyl (C=O) groups excluding carboxylic acids is 1. The number of carbonyl (C=O) groups is 2. The fraction of sp³-hybridized carbons (Fsp3) is 0.833. The van der Waals surface area contributed by atoms with Gasteiger partial charge in [0.15, 0.2) is 0 Å². The van der Waals surface area contributed by atoms with Gasteiger partial charge in [0.05, 0.1) is 12.5 Å². The summed E-state index contributed by atoms with van der Waals surface area (Å²) in [6, 6.07) is 0. The molecule has 1 aliphatic heterocycles. The first-order valence-electron chi connectivity index (χ1n) is 6.22. The first kappa shape index (κ1) is 14.0. The van der Waals surface area contributed by atoms with E-state index >= 15 is 0 Å². The molecule has 0 radical (unpaired) electrons. The van der Waals surface area contributed by atoms with Crippen molar-refractivity contribution in [2.45, 2.75) is 45.1 Å². The molecule has 0 bridgehead atoms. The molecule has 0 saturated carbocycles. The molecule has 1 rings (SSSR count). The highest BCUT2D eigenvalue weighted by Gasteiger charge is 2.29. The number of aliphatic hydroxyl groups excluding tert-OH is 1. The van der Waals surface area contributed by atoms with Crippen molar-refractivity contribution in [3.05, 3.63) is 0 Å². The van der Waals surface area contributed by atoms with Gasteiger partial charge in [-0.2, -0.15) is 0 Å². The van der Waals surface area contributed by atoms with Crippen molar-refractivity contribution in [3.63, 3.8) is 0 Å². The molecule has 1 aliphatic rings. The molecule has 0 aromatic carbocycles. The van der Waals surface area contributed by atoms with Gasteiger partial charge in [0.2, 0.25) is 5.91 Å². The van der Waals surface area contributed by atoms with Crippen molar-refractivity contribution >= 4 is 11.9 Å². The molecule has 1 amide bonds. The van der Waals surface area contributed by atoms with Crippen LogP contribution in [-0.4, -0.2) is 46.2 Å². The standard InChI is InChI=1S/C12H21NO4/c1-2-3-9-8-13(7-6-10(9)14)11(15)4-5-12(16)17/h9-10,14H,2-8H2,1H3,(H,16,17)/t9-,10-/m1/s1. The minimum absolute atomic E-state index is 0.0598. The second kappa shape index (κ2) is 6.59. The third-order valence-corrected chi connectivity index (χ3v) is 3.26. The number of carboxylic acid groups (broad SMARTS) is 1. The maximum Gasteiger partial charge on any atom is 0.303 e. The largest absolute Gasteiger partial charge is 0.481 e. The topological polar surface area (TPSA) is 77.8 Å². The highest BCUT2D eigenvalue weighted by Crippen LogP contribution is 2.22. The summed E-state index contributed by atoms with van der Waals surface area (Å²) in [5.74, 6) is -0.913. The maximum absolute atomic E-state index is 11.7. The Balaban J connectivity index is 2.43. The van der Waals surface area contributed by atoms with Crippen LogP contribution in [0, 0.1) is 5.92 Å². The number of hydrogen-bond acceptors (Lipinski definition) is 3. The summed E-state index contributed by atoms with van der Waals surface area (Å²) in [6.45, 7) is 3.16. The van der Waals surface area contributed by atoms with Gasteiger partial charge in [-0.25, -0.2) is 0 Å². The van der Waals surface area contributed by atoms with E-state index in [1.807, 2.05) is 0 Å². The molecule has 5 heteroatoms. The summed E-state index contributed by atoms with van der Waals surface area (Å²) in [4.78, 5) is 23.8. The zero-order valence-corrected chi connectivity index (χ0v) is 10.3. The average molecular weight is 243 g/mol. The molecule has 1 fully saturated rings. The van der Waals surface area contributed by atoms with Gasteiger partial charge >= 0.3 is 5.97 Å². The predicted molar refractivity (Wildman–Crippen MR) is 62.5 cm³/mol. The number of carboxylic acids is 1. The zero-order chi connectivity index (χ0) is 12.8. The van der Waals surface area contributed by atoms with Crippen LogP contribution >= 0.6 is 0 Å². The highest BCUT2D eigenvalue weighted by molar-refractivity contribution is 5.80. The van der Waals surface area contributed by atoms with Crippen molar-refractivity contribution in [1.29, 1.82) is 0 Å². The van der Waals surface area contributed by atoms with Crippen LogP contribution in [0.3, 0.4) is 0 Å². The molecule has 5 nitrogen and oxygen atoms in total. The van der Waals surface area contributed by atoms with Crippen LogP contribution in [0.2, 0.25) is 0 Å². The van der Waals surface area contributed by atoms with Gasteiger partial charge in [0, 0.05) is 25.4 Å². The van der Waals surface area contributed by atoms with E-state index in [1.165, 1.54) is 0 Å². The lowest BCUT2D eigenvalue weighted by molar-refractivity contribution is -0.142. The van der Waals surface area contributed by atoms with Gasteiger partial charge < -0.3 is 15.1 Å². The minimum atomic E-state index is -0.944. The van der Waals surface area contributed by atoms with E-state index < -0.39 is 5.97 Å². The lowest BCUT2D eigenvalue weighted by Gasteiger charge is -2.36. The molecule has 0 unspecified atom stereocenters. The van der Waals surface area contributed by atoms with Gasteiger partial charge in [-0.05, 0) is 12.8 Å². The zero-order valence-electron chi connectivity index (χ0n) is 10.3. The van der Waals surface area contributed by atoms with E-state index in [1.54, 1.807) is 4.90 Å². The third-order valence-electron chi connectivity index (χ3n) is 3.26. The molecule has 98 valence electrons. The Morgan fingerprint density at radius 1 is 1.35 bits per heavy atom. The number of aliphatic carboxylic acids is 1. The number of likely N-dealkylation sites (tertiary alicyclic amines) is 1. The number of nitrogens with zero attached hydrogens (tertiary/aromatic N) is 1. The number of rotatable bonds is 5. The maximum atomic E-state index is 11.7. The van der Waals surface area contributed by atoms with E-state index in [-0.39, 0.29) is 30.8 Å². The molecule has 17 heavy (non-hydrogen) atoms. The van der Waals surface area contributed by atoms with Crippen LogP contribution in [0.4, 0.5) is 0 Å². The Bertz CT molecular complexity index is 280. The van der Waals surface area contributed by atoms with Crippen molar-refractivity contribution in [1.82, 2.24) is 4.90 Å². The SMILES string of the molecule is CCC[C@@H]1CN(C(=O)CCC(=O)O)CC[C@H]1O. The number of piperidine rings is 1. The molecule has 0 spiro atoms. The Kier molecular flexibility index (Phi) is 5.41. The lowest BCUT2D eigenvalue weighted by atomic mass is 9.90. The molecule has 2 N–H and O–H groups in total. The first-order chi connectivity index (χ1) is 8.04. The van der Waals surface area contributed by atoms with Crippen LogP contribution < -0.4 is 0 Å². The van der Waals surface area contributed by atoms with Crippen LogP contribution in [0.15, 0.2) is 0 Å². The van der Waals surface area contributed by atoms with E-state index in [4.69, 9.17) is 5.11 Å². The predicted octanol–water partition coefficient (Wildman–Crippen LogP) is 0.861. The second-order valence-corrected chi connectivity index (χ2v) is 4.64. The summed E-state index contributed by atoms with van der Waals surface area (Å²) in [6.07, 6.45) is 2.12. The third kappa shape index (κ3) is 4.34. The van der Waals surface area contributed by atoms with Crippen LogP contribution in [0.5, 0.6) is 0 Å². The average Bonchev–Trinajstić information content (AvgIpc) is 2.29. The van der Waals surface area contributed by atoms with E-state index in [0.717, 1.165) is 12.8 Å². The van der Waals surface area contributed by atoms with Crippen molar-refractivity contribution in [3.8, 4) is 0 Å². The second-order valence-electron chi connectivity index (χ2n) is 4.64. The molecule has 1 saturated heterocycles. The molecule has 0 aromatic rings. The van der Waals surface area contributed by atoms with Crippen molar-refractivity contribution in [2.24, 2.45) is 5.92 Å². The minimum Gasteiger partial charge on any atom is -0.481 e. The monoisotopic (exact) mass is 243 g/mol. The summed E-state index contributed by atoms with van der Waals surface area (Å²) in [7, 11) is 0. The van der Waals surface area contributed by atoms with Gasteiger partial charge in [-0.1, -0.05) is 13.3 Å². The summed E-state index contributed by atoms with van der Waals surface area (Å²) in [5.41, 5.74) is 0. The number of aliphatic hydroxyl groups is 1. The smallest absolute Gasteiger partial charge is 0.303 e. The van der Waals surface area contributed by atoms with Gasteiger partial charge in [0.25, 0.3) is 0 Å². The van der Waals surface area contributed by atoms with Crippen LogP contribution in [-0.2, 0) is 9.59 Å². The van der Waals surface area contributed by atoms with Gasteiger partial charge in [-0.3, -0.25) is 9.59 Å².